The van der Waals surface area contributed by atoms with Gasteiger partial charge in [0.05, 0.1) is 23.5 Å². The molecule has 5 nitrogen and oxygen atoms in total. The highest BCUT2D eigenvalue weighted by molar-refractivity contribution is 14.0. The van der Waals surface area contributed by atoms with Crippen LogP contribution in [0.4, 0.5) is 0 Å². The fourth-order valence-corrected chi connectivity index (χ4v) is 2.94. The number of hydrogen-bond acceptors (Lipinski definition) is 4. The Labute approximate surface area is 167 Å². The predicted molar refractivity (Wildman–Crippen MR) is 114 cm³/mol. The molecule has 0 saturated heterocycles. The van der Waals surface area contributed by atoms with Gasteiger partial charge in [-0.15, -0.1) is 24.0 Å². The summed E-state index contributed by atoms with van der Waals surface area (Å²) in [4.78, 5) is 4.62. The number of aromatic nitrogens is 2. The van der Waals surface area contributed by atoms with Crippen molar-refractivity contribution in [1.29, 1.82) is 0 Å². The van der Waals surface area contributed by atoms with E-state index in [2.05, 4.69) is 62.4 Å². The molecule has 0 aliphatic carbocycles. The second-order valence-corrected chi connectivity index (χ2v) is 7.11. The Bertz CT molecular complexity index is 751. The van der Waals surface area contributed by atoms with Gasteiger partial charge in [-0.2, -0.15) is 5.10 Å². The van der Waals surface area contributed by atoms with Crippen molar-refractivity contribution in [2.75, 3.05) is 6.54 Å². The minimum Gasteiger partial charge on any atom is -0.352 e. The molecule has 0 radical (unpaired) electrons. The second kappa shape index (κ2) is 7.76. The van der Waals surface area contributed by atoms with Crippen molar-refractivity contribution in [1.82, 2.24) is 20.4 Å². The van der Waals surface area contributed by atoms with Crippen molar-refractivity contribution in [3.05, 3.63) is 47.3 Å². The maximum absolute atomic E-state index is 4.70. The van der Waals surface area contributed by atoms with Crippen LogP contribution in [0.5, 0.6) is 0 Å². The van der Waals surface area contributed by atoms with E-state index >= 15 is 0 Å². The van der Waals surface area contributed by atoms with E-state index in [1.54, 1.807) is 0 Å². The minimum atomic E-state index is 0. The summed E-state index contributed by atoms with van der Waals surface area (Å²) >= 11 is 0. The average molecular weight is 453 g/mol. The van der Waals surface area contributed by atoms with Crippen molar-refractivity contribution in [3.63, 3.8) is 0 Å². The third-order valence-electron chi connectivity index (χ3n) is 5.12. The fourth-order valence-electron chi connectivity index (χ4n) is 2.94. The molecule has 136 valence electrons. The molecule has 0 fully saturated rings. The summed E-state index contributed by atoms with van der Waals surface area (Å²) < 4.78 is 2.01. The van der Waals surface area contributed by atoms with Crippen LogP contribution < -0.4 is 10.6 Å². The SMILES string of the molecule is Cc1nn(-c2ccccc2)c(C)c1CNC1=NCC(C)(C(C)C)N1.I. The quantitative estimate of drug-likeness (QED) is 0.697. The largest absolute Gasteiger partial charge is 0.352 e. The summed E-state index contributed by atoms with van der Waals surface area (Å²) in [6, 6.07) is 10.2. The van der Waals surface area contributed by atoms with Crippen LogP contribution in [0.1, 0.15) is 37.7 Å². The van der Waals surface area contributed by atoms with Gasteiger partial charge in [-0.1, -0.05) is 32.0 Å². The van der Waals surface area contributed by atoms with Gasteiger partial charge < -0.3 is 10.6 Å². The van der Waals surface area contributed by atoms with Crippen molar-refractivity contribution < 1.29 is 0 Å². The van der Waals surface area contributed by atoms with Crippen LogP contribution in [0, 0.1) is 19.8 Å². The lowest BCUT2D eigenvalue weighted by Crippen LogP contribution is -2.50. The molecule has 1 aromatic carbocycles. The van der Waals surface area contributed by atoms with Gasteiger partial charge >= 0.3 is 0 Å². The Morgan fingerprint density at radius 3 is 2.52 bits per heavy atom. The third-order valence-corrected chi connectivity index (χ3v) is 5.12. The van der Waals surface area contributed by atoms with Crippen LogP contribution in [0.25, 0.3) is 5.69 Å². The fraction of sp³-hybridized carbons (Fsp3) is 0.474. The average Bonchev–Trinajstić information content (AvgIpc) is 3.08. The molecule has 0 amide bonds. The van der Waals surface area contributed by atoms with Gasteiger partial charge in [-0.25, -0.2) is 4.68 Å². The highest BCUT2D eigenvalue weighted by Gasteiger charge is 2.33. The van der Waals surface area contributed by atoms with Crippen LogP contribution in [0.15, 0.2) is 35.3 Å². The van der Waals surface area contributed by atoms with Gasteiger partial charge in [0, 0.05) is 17.8 Å². The smallest absolute Gasteiger partial charge is 0.192 e. The zero-order valence-electron chi connectivity index (χ0n) is 15.6. The summed E-state index contributed by atoms with van der Waals surface area (Å²) in [6.07, 6.45) is 0. The van der Waals surface area contributed by atoms with Gasteiger partial charge in [0.25, 0.3) is 0 Å². The molecule has 0 saturated carbocycles. The van der Waals surface area contributed by atoms with Crippen LogP contribution in [-0.4, -0.2) is 27.8 Å². The Balaban J connectivity index is 0.00000225. The molecule has 2 heterocycles. The standard InChI is InChI=1S/C19H27N5.HI/c1-13(2)19(5)12-21-18(22-19)20-11-17-14(3)23-24(15(17)4)16-9-7-6-8-10-16;/h6-10,13H,11-12H2,1-5H3,(H2,20,21,22);1H. The lowest BCUT2D eigenvalue weighted by atomic mass is 9.89. The Kier molecular flexibility index (Phi) is 6.13. The summed E-state index contributed by atoms with van der Waals surface area (Å²) in [5, 5.41) is 11.7. The van der Waals surface area contributed by atoms with Gasteiger partial charge in [0.2, 0.25) is 0 Å². The number of nitrogens with one attached hydrogen (secondary N) is 2. The van der Waals surface area contributed by atoms with Crippen LogP contribution >= 0.6 is 24.0 Å². The zero-order chi connectivity index (χ0) is 17.3. The Morgan fingerprint density at radius 2 is 1.92 bits per heavy atom. The van der Waals surface area contributed by atoms with E-state index in [-0.39, 0.29) is 29.5 Å². The number of para-hydroxylation sites is 1. The number of hydrogen-bond donors (Lipinski definition) is 2. The molecule has 2 N–H and O–H groups in total. The zero-order valence-corrected chi connectivity index (χ0v) is 18.0. The number of aryl methyl sites for hydroxylation is 1. The minimum absolute atomic E-state index is 0. The molecular weight excluding hydrogens is 425 g/mol. The summed E-state index contributed by atoms with van der Waals surface area (Å²) in [5.41, 5.74) is 4.57. The molecule has 2 aromatic rings. The molecule has 25 heavy (non-hydrogen) atoms. The second-order valence-electron chi connectivity index (χ2n) is 7.11. The number of aliphatic imine (C=N–C) groups is 1. The first-order valence-electron chi connectivity index (χ1n) is 8.58. The van der Waals surface area contributed by atoms with Gasteiger partial charge in [-0.05, 0) is 38.8 Å². The number of halogens is 1. The van der Waals surface area contributed by atoms with Crippen LogP contribution in [-0.2, 0) is 6.54 Å². The molecule has 1 aromatic heterocycles. The van der Waals surface area contributed by atoms with Gasteiger partial charge in [0.1, 0.15) is 0 Å². The summed E-state index contributed by atoms with van der Waals surface area (Å²) in [5.74, 6) is 1.42. The molecule has 0 bridgehead atoms. The molecule has 1 aliphatic rings. The molecule has 1 aliphatic heterocycles. The van der Waals surface area contributed by atoms with Crippen LogP contribution in [0.3, 0.4) is 0 Å². The normalized spacial score (nSPS) is 19.4. The van der Waals surface area contributed by atoms with Gasteiger partial charge in [-0.3, -0.25) is 4.99 Å². The number of benzene rings is 1. The number of rotatable bonds is 4. The van der Waals surface area contributed by atoms with E-state index in [1.807, 2.05) is 22.9 Å². The van der Waals surface area contributed by atoms with E-state index in [1.165, 1.54) is 5.56 Å². The molecule has 1 unspecified atom stereocenters. The maximum Gasteiger partial charge on any atom is 0.192 e. The topological polar surface area (TPSA) is 54.2 Å². The van der Waals surface area contributed by atoms with Gasteiger partial charge in [0.15, 0.2) is 5.96 Å². The first kappa shape index (κ1) is 19.8. The lowest BCUT2D eigenvalue weighted by molar-refractivity contribution is 0.329. The molecular formula is C19H28IN5. The third kappa shape index (κ3) is 3.99. The molecule has 6 heteroatoms. The molecule has 0 spiro atoms. The van der Waals surface area contributed by atoms with Crippen molar-refractivity contribution in [2.45, 2.75) is 46.7 Å². The van der Waals surface area contributed by atoms with Crippen molar-refractivity contribution in [3.8, 4) is 5.69 Å². The van der Waals surface area contributed by atoms with Crippen molar-refractivity contribution >= 4 is 29.9 Å². The van der Waals surface area contributed by atoms with E-state index < -0.39 is 0 Å². The highest BCUT2D eigenvalue weighted by atomic mass is 127. The molecule has 3 rings (SSSR count). The Hall–Kier alpha value is -1.57. The number of nitrogens with zero attached hydrogens (tertiary/aromatic N) is 3. The first-order chi connectivity index (χ1) is 11.4. The lowest BCUT2D eigenvalue weighted by Gasteiger charge is -2.29. The maximum atomic E-state index is 4.70. The summed E-state index contributed by atoms with van der Waals surface area (Å²) in [6.45, 7) is 12.4. The monoisotopic (exact) mass is 453 g/mol. The van der Waals surface area contributed by atoms with E-state index in [9.17, 15) is 0 Å². The predicted octanol–water partition coefficient (Wildman–Crippen LogP) is 3.57. The van der Waals surface area contributed by atoms with E-state index in [0.29, 0.717) is 5.92 Å². The molecule has 1 atom stereocenters. The Morgan fingerprint density at radius 1 is 1.24 bits per heavy atom. The highest BCUT2D eigenvalue weighted by Crippen LogP contribution is 2.21. The first-order valence-corrected chi connectivity index (χ1v) is 8.58. The van der Waals surface area contributed by atoms with E-state index in [0.717, 1.165) is 36.1 Å². The van der Waals surface area contributed by atoms with Crippen LogP contribution in [0.2, 0.25) is 0 Å². The number of guanidine groups is 1. The van der Waals surface area contributed by atoms with Crippen molar-refractivity contribution in [2.24, 2.45) is 10.9 Å². The van der Waals surface area contributed by atoms with E-state index in [4.69, 9.17) is 5.10 Å². The summed E-state index contributed by atoms with van der Waals surface area (Å²) in [7, 11) is 0.